The van der Waals surface area contributed by atoms with E-state index >= 15 is 0 Å². The van der Waals surface area contributed by atoms with E-state index in [9.17, 15) is 13.6 Å². The maximum Gasteiger partial charge on any atom is 0.264 e. The number of carbonyl (C=O) groups excluding carboxylic acids is 1. The Morgan fingerprint density at radius 3 is 2.21 bits per heavy atom. The fourth-order valence-electron chi connectivity index (χ4n) is 3.04. The third kappa shape index (κ3) is 5.69. The number of hydrogen-bond donors (Lipinski definition) is 1. The Balaban J connectivity index is 2.27. The molecule has 0 saturated carbocycles. The second kappa shape index (κ2) is 10.8. The van der Waals surface area contributed by atoms with Crippen LogP contribution in [0.25, 0.3) is 0 Å². The van der Waals surface area contributed by atoms with Gasteiger partial charge < -0.3 is 9.80 Å². The molecule has 0 aliphatic rings. The number of thiol groups is 1. The fraction of sp³-hybridized carbons (Fsp3) is 0.381. The molecule has 0 aromatic heterocycles. The molecule has 0 unspecified atom stereocenters. The van der Waals surface area contributed by atoms with Crippen molar-refractivity contribution in [2.24, 2.45) is 0 Å². The number of benzene rings is 2. The second-order valence-electron chi connectivity index (χ2n) is 6.42. The van der Waals surface area contributed by atoms with E-state index in [0.29, 0.717) is 28.6 Å². The number of carbonyl (C=O) groups is 1. The molecule has 2 rings (SSSR count). The molecule has 3 nitrogen and oxygen atoms in total. The zero-order valence-corrected chi connectivity index (χ0v) is 17.7. The summed E-state index contributed by atoms with van der Waals surface area (Å²) in [6.45, 7) is 7.33. The lowest BCUT2D eigenvalue weighted by Gasteiger charge is -2.25. The number of halogens is 3. The number of anilines is 1. The first-order valence-electron chi connectivity index (χ1n) is 9.35. The van der Waals surface area contributed by atoms with Crippen molar-refractivity contribution in [1.82, 2.24) is 4.90 Å². The van der Waals surface area contributed by atoms with Crippen molar-refractivity contribution in [1.29, 1.82) is 0 Å². The zero-order chi connectivity index (χ0) is 20.7. The Hall–Kier alpha value is -1.63. The largest absolute Gasteiger partial charge is 0.307 e. The highest BCUT2D eigenvalue weighted by molar-refractivity contribution is 7.80. The van der Waals surface area contributed by atoms with Gasteiger partial charge >= 0.3 is 0 Å². The molecule has 1 amide bonds. The summed E-state index contributed by atoms with van der Waals surface area (Å²) < 4.78 is 28.4. The molecule has 0 aliphatic carbocycles. The summed E-state index contributed by atoms with van der Waals surface area (Å²) in [6.07, 6.45) is 1.55. The fourth-order valence-corrected chi connectivity index (χ4v) is 3.62. The predicted octanol–water partition coefficient (Wildman–Crippen LogP) is 5.68. The summed E-state index contributed by atoms with van der Waals surface area (Å²) in [7, 11) is 0. The minimum absolute atomic E-state index is 0.322. The van der Waals surface area contributed by atoms with Gasteiger partial charge in [0.25, 0.3) is 5.91 Å². The standard InChI is InChI=1S/C21H25ClF2N2OS/c1-3-25(4-2)12-5-6-13-26(18-11-10-15(22)14-19(18)28)21(27)20-16(23)8-7-9-17(20)24/h7-11,14,28H,3-6,12-13H2,1-2H3. The minimum atomic E-state index is -0.882. The van der Waals surface area contributed by atoms with Gasteiger partial charge in [-0.05, 0) is 62.8 Å². The number of amides is 1. The normalized spacial score (nSPS) is 11.1. The van der Waals surface area contributed by atoms with Crippen LogP contribution in [0.1, 0.15) is 37.0 Å². The molecule has 0 saturated heterocycles. The van der Waals surface area contributed by atoms with E-state index in [0.717, 1.165) is 38.2 Å². The molecule has 2 aromatic carbocycles. The van der Waals surface area contributed by atoms with Crippen LogP contribution in [0.4, 0.5) is 14.5 Å². The first-order chi connectivity index (χ1) is 13.4. The first-order valence-corrected chi connectivity index (χ1v) is 10.2. The molecule has 0 N–H and O–H groups in total. The third-order valence-corrected chi connectivity index (χ3v) is 5.24. The molecule has 0 fully saturated rings. The van der Waals surface area contributed by atoms with Crippen molar-refractivity contribution in [2.75, 3.05) is 31.1 Å². The van der Waals surface area contributed by atoms with E-state index in [-0.39, 0.29) is 0 Å². The predicted molar refractivity (Wildman–Crippen MR) is 114 cm³/mol. The van der Waals surface area contributed by atoms with E-state index in [1.165, 1.54) is 11.0 Å². The molecular weight excluding hydrogens is 402 g/mol. The molecule has 7 heteroatoms. The molecule has 0 heterocycles. The summed E-state index contributed by atoms with van der Waals surface area (Å²) in [5, 5.41) is 0.472. The van der Waals surface area contributed by atoms with Gasteiger partial charge in [-0.25, -0.2) is 8.78 Å². The monoisotopic (exact) mass is 426 g/mol. The highest BCUT2D eigenvalue weighted by Gasteiger charge is 2.25. The van der Waals surface area contributed by atoms with Gasteiger partial charge in [0.1, 0.15) is 17.2 Å². The van der Waals surface area contributed by atoms with Crippen LogP contribution < -0.4 is 4.90 Å². The van der Waals surface area contributed by atoms with Gasteiger partial charge in [0.2, 0.25) is 0 Å². The molecular formula is C21H25ClF2N2OS. The highest BCUT2D eigenvalue weighted by Crippen LogP contribution is 2.30. The van der Waals surface area contributed by atoms with E-state index in [4.69, 9.17) is 11.6 Å². The molecule has 0 radical (unpaired) electrons. The first kappa shape index (κ1) is 22.7. The number of rotatable bonds is 9. The average molecular weight is 427 g/mol. The van der Waals surface area contributed by atoms with Crippen LogP contribution in [0.3, 0.4) is 0 Å². The second-order valence-corrected chi connectivity index (χ2v) is 7.34. The van der Waals surface area contributed by atoms with E-state index in [1.807, 2.05) is 0 Å². The third-order valence-electron chi connectivity index (χ3n) is 4.65. The Bertz CT molecular complexity index is 795. The summed E-state index contributed by atoms with van der Waals surface area (Å²) in [6, 6.07) is 8.28. The van der Waals surface area contributed by atoms with Gasteiger partial charge in [-0.3, -0.25) is 4.79 Å². The van der Waals surface area contributed by atoms with Crippen molar-refractivity contribution in [3.8, 4) is 0 Å². The molecule has 0 bridgehead atoms. The number of hydrogen-bond acceptors (Lipinski definition) is 3. The van der Waals surface area contributed by atoms with Crippen LogP contribution in [-0.4, -0.2) is 37.0 Å². The Morgan fingerprint density at radius 2 is 1.64 bits per heavy atom. The van der Waals surface area contributed by atoms with Crippen LogP contribution in [-0.2, 0) is 0 Å². The van der Waals surface area contributed by atoms with Crippen LogP contribution in [0.15, 0.2) is 41.3 Å². The maximum absolute atomic E-state index is 14.2. The van der Waals surface area contributed by atoms with Gasteiger partial charge in [0.05, 0.1) is 5.69 Å². The van der Waals surface area contributed by atoms with Crippen LogP contribution in [0.2, 0.25) is 5.02 Å². The average Bonchev–Trinajstić information content (AvgIpc) is 2.65. The highest BCUT2D eigenvalue weighted by atomic mass is 35.5. The van der Waals surface area contributed by atoms with Gasteiger partial charge in [0, 0.05) is 16.5 Å². The van der Waals surface area contributed by atoms with Crippen molar-refractivity contribution >= 4 is 35.8 Å². The summed E-state index contributed by atoms with van der Waals surface area (Å²) in [5.74, 6) is -2.49. The van der Waals surface area contributed by atoms with E-state index in [1.54, 1.807) is 18.2 Å². The minimum Gasteiger partial charge on any atom is -0.307 e. The molecule has 28 heavy (non-hydrogen) atoms. The van der Waals surface area contributed by atoms with Crippen LogP contribution in [0, 0.1) is 11.6 Å². The van der Waals surface area contributed by atoms with Crippen molar-refractivity contribution < 1.29 is 13.6 Å². The number of nitrogens with zero attached hydrogens (tertiary/aromatic N) is 2. The lowest BCUT2D eigenvalue weighted by atomic mass is 10.1. The molecule has 0 spiro atoms. The SMILES string of the molecule is CCN(CC)CCCCN(C(=O)c1c(F)cccc1F)c1ccc(Cl)cc1S. The van der Waals surface area contributed by atoms with Gasteiger partial charge in [-0.1, -0.05) is 31.5 Å². The topological polar surface area (TPSA) is 23.6 Å². The van der Waals surface area contributed by atoms with Gasteiger partial charge in [0.15, 0.2) is 0 Å². The van der Waals surface area contributed by atoms with E-state index in [2.05, 4.69) is 31.4 Å². The Labute approximate surface area is 175 Å². The molecule has 2 aromatic rings. The van der Waals surface area contributed by atoms with Crippen molar-refractivity contribution in [3.05, 3.63) is 58.6 Å². The van der Waals surface area contributed by atoms with Crippen molar-refractivity contribution in [2.45, 2.75) is 31.6 Å². The lowest BCUT2D eigenvalue weighted by Crippen LogP contribution is -2.34. The lowest BCUT2D eigenvalue weighted by molar-refractivity contribution is 0.0977. The maximum atomic E-state index is 14.2. The van der Waals surface area contributed by atoms with Gasteiger partial charge in [-0.2, -0.15) is 0 Å². The summed E-state index contributed by atoms with van der Waals surface area (Å²) in [5.41, 5.74) is -0.0860. The van der Waals surface area contributed by atoms with E-state index < -0.39 is 23.1 Å². The molecule has 152 valence electrons. The number of unbranched alkanes of at least 4 members (excludes halogenated alkanes) is 1. The zero-order valence-electron chi connectivity index (χ0n) is 16.1. The molecule has 0 aliphatic heterocycles. The summed E-state index contributed by atoms with van der Waals surface area (Å²) >= 11 is 10.4. The Kier molecular flexibility index (Phi) is 8.73. The van der Waals surface area contributed by atoms with Crippen LogP contribution >= 0.6 is 24.2 Å². The summed E-state index contributed by atoms with van der Waals surface area (Å²) in [4.78, 5) is 17.2. The molecule has 0 atom stereocenters. The van der Waals surface area contributed by atoms with Gasteiger partial charge in [-0.15, -0.1) is 12.6 Å². The quantitative estimate of drug-likeness (QED) is 0.412. The van der Waals surface area contributed by atoms with Crippen LogP contribution in [0.5, 0.6) is 0 Å². The smallest absolute Gasteiger partial charge is 0.264 e. The Morgan fingerprint density at radius 1 is 1.04 bits per heavy atom. The van der Waals surface area contributed by atoms with Crippen molar-refractivity contribution in [3.63, 3.8) is 0 Å².